The number of pyridine rings is 1. The molecule has 4 rings (SSSR count). The fourth-order valence-corrected chi connectivity index (χ4v) is 3.30. The molecule has 0 aliphatic rings. The average molecular weight is 443 g/mol. The zero-order valence-electron chi connectivity index (χ0n) is 17.5. The largest absolute Gasteiger partial charge is 0.479 e. The summed E-state index contributed by atoms with van der Waals surface area (Å²) >= 11 is 0. The van der Waals surface area contributed by atoms with E-state index in [4.69, 9.17) is 4.74 Å². The number of imidazole rings is 1. The Morgan fingerprint density at radius 3 is 2.44 bits per heavy atom. The molecule has 0 bridgehead atoms. The molecule has 0 radical (unpaired) electrons. The summed E-state index contributed by atoms with van der Waals surface area (Å²) in [4.78, 5) is 13.2. The Labute approximate surface area is 181 Å². The van der Waals surface area contributed by atoms with Crippen molar-refractivity contribution >= 4 is 0 Å². The predicted molar refractivity (Wildman–Crippen MR) is 110 cm³/mol. The van der Waals surface area contributed by atoms with Crippen molar-refractivity contribution in [2.75, 3.05) is 14.2 Å². The van der Waals surface area contributed by atoms with Gasteiger partial charge in [-0.2, -0.15) is 18.3 Å². The number of nitrogens with one attached hydrogen (secondary N) is 2. The number of hydrogen-bond acceptors (Lipinski definition) is 6. The van der Waals surface area contributed by atoms with Gasteiger partial charge in [0, 0.05) is 6.20 Å². The summed E-state index contributed by atoms with van der Waals surface area (Å²) in [6, 6.07) is 8.01. The van der Waals surface area contributed by atoms with Gasteiger partial charge < -0.3 is 14.6 Å². The van der Waals surface area contributed by atoms with E-state index in [1.807, 2.05) is 19.2 Å². The van der Waals surface area contributed by atoms with E-state index >= 15 is 0 Å². The second-order valence-corrected chi connectivity index (χ2v) is 7.03. The highest BCUT2D eigenvalue weighted by Gasteiger charge is 2.30. The van der Waals surface area contributed by atoms with E-state index in [-0.39, 0.29) is 0 Å². The van der Waals surface area contributed by atoms with Crippen LogP contribution in [-0.4, -0.2) is 43.9 Å². The van der Waals surface area contributed by atoms with Crippen molar-refractivity contribution in [2.24, 2.45) is 0 Å². The summed E-state index contributed by atoms with van der Waals surface area (Å²) in [5, 5.41) is 10.1. The smallest absolute Gasteiger partial charge is 0.416 e. The molecule has 32 heavy (non-hydrogen) atoms. The van der Waals surface area contributed by atoms with E-state index in [2.05, 4.69) is 30.5 Å². The van der Waals surface area contributed by atoms with Crippen LogP contribution in [0.5, 0.6) is 5.88 Å². The van der Waals surface area contributed by atoms with Crippen molar-refractivity contribution in [3.05, 3.63) is 71.6 Å². The molecule has 1 aromatic carbocycles. The Balaban J connectivity index is 1.62. The van der Waals surface area contributed by atoms with Gasteiger partial charge in [0.1, 0.15) is 17.2 Å². The van der Waals surface area contributed by atoms with Gasteiger partial charge in [0.2, 0.25) is 5.88 Å². The van der Waals surface area contributed by atoms with Crippen LogP contribution in [0.15, 0.2) is 48.9 Å². The van der Waals surface area contributed by atoms with Gasteiger partial charge in [-0.25, -0.2) is 15.0 Å². The van der Waals surface area contributed by atoms with E-state index in [1.165, 1.54) is 19.2 Å². The first kappa shape index (κ1) is 21.5. The molecule has 166 valence electrons. The summed E-state index contributed by atoms with van der Waals surface area (Å²) in [6.45, 7) is 1.88. The number of halogens is 3. The maximum Gasteiger partial charge on any atom is 0.416 e. The van der Waals surface area contributed by atoms with Gasteiger partial charge in [0.05, 0.1) is 30.7 Å². The summed E-state index contributed by atoms with van der Waals surface area (Å²) < 4.78 is 45.8. The zero-order valence-corrected chi connectivity index (χ0v) is 17.5. The lowest BCUT2D eigenvalue weighted by molar-refractivity contribution is -0.137. The molecule has 0 saturated carbocycles. The number of aromatic nitrogens is 6. The first-order valence-electron chi connectivity index (χ1n) is 9.63. The van der Waals surface area contributed by atoms with Crippen molar-refractivity contribution in [1.29, 1.82) is 0 Å². The van der Waals surface area contributed by atoms with Crippen LogP contribution in [0.3, 0.4) is 0 Å². The highest BCUT2D eigenvalue weighted by atomic mass is 19.4. The van der Waals surface area contributed by atoms with Gasteiger partial charge in [-0.3, -0.25) is 5.10 Å². The van der Waals surface area contributed by atoms with Crippen LogP contribution in [0.1, 0.15) is 28.7 Å². The standard InChI is InChI=1S/C21H20F3N7O/c1-12-10-31(11-26-12)16-9-8-15(27-20(16)32-3)18-28-19(30-29-18)17(25-2)13-4-6-14(7-5-13)21(22,23)24/h4-11,17,25H,1-3H3,(H,28,29,30)/t17-/m1/s1. The predicted octanol–water partition coefficient (Wildman–Crippen LogP) is 3.70. The maximum absolute atomic E-state index is 12.9. The van der Waals surface area contributed by atoms with Crippen LogP contribution in [0, 0.1) is 6.92 Å². The summed E-state index contributed by atoms with van der Waals surface area (Å²) in [7, 11) is 3.21. The lowest BCUT2D eigenvalue weighted by Gasteiger charge is -2.15. The van der Waals surface area contributed by atoms with Crippen LogP contribution in [0.25, 0.3) is 17.2 Å². The Bertz CT molecular complexity index is 1210. The Kier molecular flexibility index (Phi) is 5.66. The number of methoxy groups -OCH3 is 1. The van der Waals surface area contributed by atoms with E-state index in [1.54, 1.807) is 24.0 Å². The molecule has 0 amide bonds. The van der Waals surface area contributed by atoms with Gasteiger partial charge in [-0.15, -0.1) is 0 Å². The quantitative estimate of drug-likeness (QED) is 0.472. The summed E-state index contributed by atoms with van der Waals surface area (Å²) in [5.41, 5.74) is 1.95. The van der Waals surface area contributed by atoms with Crippen LogP contribution in [0.4, 0.5) is 13.2 Å². The normalized spacial score (nSPS) is 12.7. The van der Waals surface area contributed by atoms with Crippen molar-refractivity contribution in [3.63, 3.8) is 0 Å². The first-order valence-corrected chi connectivity index (χ1v) is 9.63. The van der Waals surface area contributed by atoms with Gasteiger partial charge >= 0.3 is 6.18 Å². The number of aromatic amines is 1. The molecular weight excluding hydrogens is 423 g/mol. The molecule has 3 heterocycles. The van der Waals surface area contributed by atoms with Gasteiger partial charge in [0.25, 0.3) is 0 Å². The molecule has 2 N–H and O–H groups in total. The lowest BCUT2D eigenvalue weighted by Crippen LogP contribution is -2.19. The third kappa shape index (κ3) is 4.19. The van der Waals surface area contributed by atoms with Crippen LogP contribution < -0.4 is 10.1 Å². The van der Waals surface area contributed by atoms with Crippen LogP contribution in [-0.2, 0) is 6.18 Å². The minimum atomic E-state index is -4.39. The number of alkyl halides is 3. The first-order chi connectivity index (χ1) is 15.3. The van der Waals surface area contributed by atoms with Crippen LogP contribution >= 0.6 is 0 Å². The SMILES string of the molecule is CN[C@H](c1ccc(C(F)(F)F)cc1)c1nc(-c2ccc(-n3cnc(C)c3)c(OC)n2)n[nH]1. The summed E-state index contributed by atoms with van der Waals surface area (Å²) in [6.07, 6.45) is -0.869. The average Bonchev–Trinajstić information content (AvgIpc) is 3.43. The summed E-state index contributed by atoms with van der Waals surface area (Å²) in [5.74, 6) is 1.15. The Morgan fingerprint density at radius 2 is 1.84 bits per heavy atom. The fourth-order valence-electron chi connectivity index (χ4n) is 3.30. The Morgan fingerprint density at radius 1 is 1.09 bits per heavy atom. The zero-order chi connectivity index (χ0) is 22.9. The molecule has 0 spiro atoms. The molecule has 11 heteroatoms. The topological polar surface area (TPSA) is 93.5 Å². The van der Waals surface area contributed by atoms with Crippen molar-refractivity contribution in [1.82, 2.24) is 35.0 Å². The maximum atomic E-state index is 12.9. The molecule has 0 saturated heterocycles. The molecular formula is C21H20F3N7O. The number of nitrogens with zero attached hydrogens (tertiary/aromatic N) is 5. The second kappa shape index (κ2) is 8.42. The van der Waals surface area contributed by atoms with Crippen molar-refractivity contribution in [2.45, 2.75) is 19.1 Å². The van der Waals surface area contributed by atoms with Gasteiger partial charge in [-0.05, 0) is 43.8 Å². The Hall–Kier alpha value is -3.73. The molecule has 0 aliphatic heterocycles. The second-order valence-electron chi connectivity index (χ2n) is 7.03. The van der Waals surface area contributed by atoms with Gasteiger partial charge in [-0.1, -0.05) is 12.1 Å². The minimum absolute atomic E-state index is 0.332. The highest BCUT2D eigenvalue weighted by Crippen LogP contribution is 2.31. The van der Waals surface area contributed by atoms with Gasteiger partial charge in [0.15, 0.2) is 5.82 Å². The van der Waals surface area contributed by atoms with E-state index in [9.17, 15) is 13.2 Å². The number of benzene rings is 1. The monoisotopic (exact) mass is 443 g/mol. The van der Waals surface area contributed by atoms with Crippen LogP contribution in [0.2, 0.25) is 0 Å². The third-order valence-corrected chi connectivity index (χ3v) is 4.89. The fraction of sp³-hybridized carbons (Fsp3) is 0.238. The van der Waals surface area contributed by atoms with E-state index < -0.39 is 17.8 Å². The van der Waals surface area contributed by atoms with Crippen molar-refractivity contribution in [3.8, 4) is 23.1 Å². The number of H-pyrrole nitrogens is 1. The molecule has 0 fully saturated rings. The molecule has 8 nitrogen and oxygen atoms in total. The molecule has 4 aromatic rings. The van der Waals surface area contributed by atoms with E-state index in [0.29, 0.717) is 34.5 Å². The highest BCUT2D eigenvalue weighted by molar-refractivity contribution is 5.55. The molecule has 1 atom stereocenters. The molecule has 0 unspecified atom stereocenters. The third-order valence-electron chi connectivity index (χ3n) is 4.89. The molecule has 0 aliphatic carbocycles. The number of aryl methyl sites for hydroxylation is 1. The number of ether oxygens (including phenoxy) is 1. The lowest BCUT2D eigenvalue weighted by atomic mass is 10.0. The van der Waals surface area contributed by atoms with Crippen molar-refractivity contribution < 1.29 is 17.9 Å². The van der Waals surface area contributed by atoms with E-state index in [0.717, 1.165) is 17.8 Å². The number of hydrogen-bond donors (Lipinski definition) is 2. The molecule has 3 aromatic heterocycles. The minimum Gasteiger partial charge on any atom is -0.479 e. The number of rotatable bonds is 6.